The molecule has 1 fully saturated rings. The van der Waals surface area contributed by atoms with Crippen LogP contribution in [0.25, 0.3) is 6.20 Å². The van der Waals surface area contributed by atoms with Crippen molar-refractivity contribution in [3.05, 3.63) is 18.0 Å². The van der Waals surface area contributed by atoms with Gasteiger partial charge < -0.3 is 15.2 Å². The van der Waals surface area contributed by atoms with E-state index in [1.807, 2.05) is 13.8 Å². The number of nitrogens with zero attached hydrogens (tertiary/aromatic N) is 2. The van der Waals surface area contributed by atoms with E-state index in [0.717, 1.165) is 5.76 Å². The van der Waals surface area contributed by atoms with Crippen molar-refractivity contribution in [1.29, 1.82) is 0 Å². The second kappa shape index (κ2) is 3.02. The van der Waals surface area contributed by atoms with Crippen molar-refractivity contribution in [2.24, 2.45) is 0 Å². The lowest BCUT2D eigenvalue weighted by Gasteiger charge is -2.15. The van der Waals surface area contributed by atoms with Gasteiger partial charge in [0, 0.05) is 26.1 Å². The van der Waals surface area contributed by atoms with E-state index in [1.165, 1.54) is 0 Å². The fourth-order valence-electron chi connectivity index (χ4n) is 1.26. The third-order valence-electron chi connectivity index (χ3n) is 1.84. The van der Waals surface area contributed by atoms with Gasteiger partial charge in [0.15, 0.2) is 0 Å². The molecule has 2 heterocycles. The molecule has 0 spiro atoms. The smallest absolute Gasteiger partial charge is 0.205 e. The van der Waals surface area contributed by atoms with Gasteiger partial charge in [-0.2, -0.15) is 5.10 Å². The summed E-state index contributed by atoms with van der Waals surface area (Å²) >= 11 is 0. The normalized spacial score (nSPS) is 22.6. The molecular weight excluding hydrogens is 182 g/mol. The summed E-state index contributed by atoms with van der Waals surface area (Å²) in [4.78, 5) is 0. The maximum absolute atomic E-state index is 5.50. The Labute approximate surface area is 82.1 Å². The van der Waals surface area contributed by atoms with Crippen LogP contribution in [0.5, 0.6) is 0 Å². The molecule has 1 saturated heterocycles. The standard InChI is InChI=1S/C9H13N3O2/c1-9(2)13-6-7(14-9)5-12-4-3-8(10)11-12/h3-5H,6H2,1-2H3,(H2,10,11). The van der Waals surface area contributed by atoms with Crippen molar-refractivity contribution >= 4 is 12.0 Å². The Kier molecular flexibility index (Phi) is 1.96. The lowest BCUT2D eigenvalue weighted by atomic mass is 10.4. The minimum atomic E-state index is -0.537. The van der Waals surface area contributed by atoms with Crippen LogP contribution in [0.3, 0.4) is 0 Å². The van der Waals surface area contributed by atoms with Crippen molar-refractivity contribution in [2.75, 3.05) is 12.3 Å². The van der Waals surface area contributed by atoms with E-state index < -0.39 is 5.79 Å². The van der Waals surface area contributed by atoms with Crippen LogP contribution >= 0.6 is 0 Å². The monoisotopic (exact) mass is 195 g/mol. The van der Waals surface area contributed by atoms with Crippen molar-refractivity contribution in [1.82, 2.24) is 9.78 Å². The van der Waals surface area contributed by atoms with Gasteiger partial charge in [-0.25, -0.2) is 4.68 Å². The molecule has 0 bridgehead atoms. The van der Waals surface area contributed by atoms with Gasteiger partial charge in [-0.05, 0) is 0 Å². The van der Waals surface area contributed by atoms with Gasteiger partial charge in [0.1, 0.15) is 18.2 Å². The molecule has 1 aliphatic heterocycles. The van der Waals surface area contributed by atoms with Crippen LogP contribution in [0.15, 0.2) is 18.0 Å². The fourth-order valence-corrected chi connectivity index (χ4v) is 1.26. The van der Waals surface area contributed by atoms with Crippen molar-refractivity contribution in [3.63, 3.8) is 0 Å². The van der Waals surface area contributed by atoms with Gasteiger partial charge in [0.05, 0.1) is 6.20 Å². The third kappa shape index (κ3) is 1.88. The van der Waals surface area contributed by atoms with E-state index in [1.54, 1.807) is 23.1 Å². The van der Waals surface area contributed by atoms with Gasteiger partial charge in [-0.3, -0.25) is 0 Å². The summed E-state index contributed by atoms with van der Waals surface area (Å²) in [5.41, 5.74) is 5.47. The number of hydrogen-bond acceptors (Lipinski definition) is 4. The Morgan fingerprint density at radius 2 is 2.43 bits per heavy atom. The molecule has 1 aliphatic rings. The highest BCUT2D eigenvalue weighted by molar-refractivity contribution is 5.33. The Bertz CT molecular complexity index is 368. The molecule has 0 atom stereocenters. The van der Waals surface area contributed by atoms with Gasteiger partial charge in [-0.1, -0.05) is 0 Å². The Hall–Kier alpha value is -1.49. The second-order valence-electron chi connectivity index (χ2n) is 3.61. The van der Waals surface area contributed by atoms with Crippen LogP contribution in [-0.4, -0.2) is 22.2 Å². The van der Waals surface area contributed by atoms with E-state index in [0.29, 0.717) is 12.4 Å². The highest BCUT2D eigenvalue weighted by atomic mass is 16.7. The van der Waals surface area contributed by atoms with Gasteiger partial charge >= 0.3 is 0 Å². The largest absolute Gasteiger partial charge is 0.463 e. The van der Waals surface area contributed by atoms with Crippen LogP contribution in [0.1, 0.15) is 13.8 Å². The molecule has 0 saturated carbocycles. The highest BCUT2D eigenvalue weighted by Gasteiger charge is 2.29. The van der Waals surface area contributed by atoms with Crippen LogP contribution in [-0.2, 0) is 9.47 Å². The maximum Gasteiger partial charge on any atom is 0.205 e. The summed E-state index contributed by atoms with van der Waals surface area (Å²) in [5.74, 6) is 0.697. The van der Waals surface area contributed by atoms with Crippen LogP contribution in [0.2, 0.25) is 0 Å². The van der Waals surface area contributed by atoms with Crippen LogP contribution < -0.4 is 5.73 Å². The zero-order chi connectivity index (χ0) is 10.2. The molecule has 1 aromatic rings. The molecule has 0 unspecified atom stereocenters. The summed E-state index contributed by atoms with van der Waals surface area (Å²) in [6.45, 7) is 4.20. The van der Waals surface area contributed by atoms with Crippen molar-refractivity contribution < 1.29 is 9.47 Å². The Morgan fingerprint density at radius 3 is 2.93 bits per heavy atom. The lowest BCUT2D eigenvalue weighted by molar-refractivity contribution is -0.116. The number of nitrogen functional groups attached to an aromatic ring is 1. The molecule has 5 heteroatoms. The SMILES string of the molecule is CC1(C)OCC(=Cn2ccc(N)n2)O1. The average molecular weight is 195 g/mol. The van der Waals surface area contributed by atoms with E-state index >= 15 is 0 Å². The molecule has 0 amide bonds. The Balaban J connectivity index is 2.13. The second-order valence-corrected chi connectivity index (χ2v) is 3.61. The highest BCUT2D eigenvalue weighted by Crippen LogP contribution is 2.25. The molecule has 5 nitrogen and oxygen atoms in total. The zero-order valence-electron chi connectivity index (χ0n) is 8.23. The number of aromatic nitrogens is 2. The number of nitrogens with two attached hydrogens (primary N) is 1. The average Bonchev–Trinajstić information content (AvgIpc) is 2.59. The van der Waals surface area contributed by atoms with Crippen LogP contribution in [0.4, 0.5) is 5.82 Å². The quantitative estimate of drug-likeness (QED) is 0.727. The topological polar surface area (TPSA) is 62.3 Å². The molecule has 2 rings (SSSR count). The summed E-state index contributed by atoms with van der Waals surface area (Å²) in [6.07, 6.45) is 3.52. The minimum Gasteiger partial charge on any atom is -0.463 e. The van der Waals surface area contributed by atoms with Gasteiger partial charge in [-0.15, -0.1) is 0 Å². The molecule has 0 aromatic carbocycles. The van der Waals surface area contributed by atoms with E-state index in [9.17, 15) is 0 Å². The van der Waals surface area contributed by atoms with E-state index in [-0.39, 0.29) is 0 Å². The predicted molar refractivity (Wildman–Crippen MR) is 52.0 cm³/mol. The molecule has 2 N–H and O–H groups in total. The number of anilines is 1. The van der Waals surface area contributed by atoms with Crippen molar-refractivity contribution in [3.8, 4) is 0 Å². The maximum atomic E-state index is 5.50. The fraction of sp³-hybridized carbons (Fsp3) is 0.444. The number of rotatable bonds is 1. The predicted octanol–water partition coefficient (Wildman–Crippen LogP) is 1.05. The first-order valence-corrected chi connectivity index (χ1v) is 4.39. The summed E-state index contributed by atoms with van der Waals surface area (Å²) < 4.78 is 12.5. The molecule has 76 valence electrons. The van der Waals surface area contributed by atoms with Gasteiger partial charge in [0.25, 0.3) is 0 Å². The third-order valence-corrected chi connectivity index (χ3v) is 1.84. The van der Waals surface area contributed by atoms with Crippen LogP contribution in [0, 0.1) is 0 Å². The minimum absolute atomic E-state index is 0.465. The van der Waals surface area contributed by atoms with E-state index in [4.69, 9.17) is 15.2 Å². The first-order chi connectivity index (χ1) is 6.55. The summed E-state index contributed by atoms with van der Waals surface area (Å²) in [6, 6.07) is 1.72. The zero-order valence-corrected chi connectivity index (χ0v) is 8.23. The molecule has 0 aliphatic carbocycles. The summed E-state index contributed by atoms with van der Waals surface area (Å²) in [7, 11) is 0. The van der Waals surface area contributed by atoms with Gasteiger partial charge in [0.2, 0.25) is 5.79 Å². The van der Waals surface area contributed by atoms with Crippen molar-refractivity contribution in [2.45, 2.75) is 19.6 Å². The molecule has 14 heavy (non-hydrogen) atoms. The van der Waals surface area contributed by atoms with E-state index in [2.05, 4.69) is 5.10 Å². The molecule has 1 aromatic heterocycles. The lowest BCUT2D eigenvalue weighted by Crippen LogP contribution is -2.18. The molecular formula is C9H13N3O2. The molecule has 0 radical (unpaired) electrons. The summed E-state index contributed by atoms with van der Waals surface area (Å²) in [5, 5.41) is 4.00. The number of hydrogen-bond donors (Lipinski definition) is 1. The Morgan fingerprint density at radius 1 is 1.64 bits per heavy atom. The first-order valence-electron chi connectivity index (χ1n) is 4.39. The first kappa shape index (κ1) is 9.08. The number of ether oxygens (including phenoxy) is 2.